The number of rotatable bonds is 1. The lowest BCUT2D eigenvalue weighted by atomic mass is 9.95. The molecule has 0 aromatic heterocycles. The van der Waals surface area contributed by atoms with Crippen molar-refractivity contribution in [2.24, 2.45) is 5.41 Å². The van der Waals surface area contributed by atoms with Crippen LogP contribution in [0, 0.1) is 11.2 Å². The Morgan fingerprint density at radius 1 is 1.38 bits per heavy atom. The highest BCUT2D eigenvalue weighted by molar-refractivity contribution is 5.21. The zero-order chi connectivity index (χ0) is 11.6. The Bertz CT molecular complexity index is 365. The fourth-order valence-corrected chi connectivity index (χ4v) is 1.92. The lowest BCUT2D eigenvalue weighted by Crippen LogP contribution is -2.31. The Balaban J connectivity index is 2.14. The first-order chi connectivity index (χ1) is 7.58. The maximum Gasteiger partial charge on any atom is 0.128 e. The average molecular weight is 223 g/mol. The van der Waals surface area contributed by atoms with Crippen molar-refractivity contribution in [3.8, 4) is 0 Å². The van der Waals surface area contributed by atoms with Crippen LogP contribution in [-0.2, 0) is 4.74 Å². The fraction of sp³-hybridized carbons (Fsp3) is 0.538. The summed E-state index contributed by atoms with van der Waals surface area (Å²) < 4.78 is 19.2. The number of nitrogens with one attached hydrogen (secondary N) is 1. The maximum atomic E-state index is 13.6. The van der Waals surface area contributed by atoms with Gasteiger partial charge in [0.2, 0.25) is 0 Å². The second-order valence-corrected chi connectivity index (χ2v) is 5.13. The molecule has 0 spiro atoms. The van der Waals surface area contributed by atoms with Crippen molar-refractivity contribution in [2.75, 3.05) is 19.8 Å². The van der Waals surface area contributed by atoms with Gasteiger partial charge in [0.15, 0.2) is 0 Å². The molecule has 0 bridgehead atoms. The molecule has 0 saturated carbocycles. The molecule has 0 unspecified atom stereocenters. The molecule has 1 saturated heterocycles. The smallest absolute Gasteiger partial charge is 0.128 e. The Morgan fingerprint density at radius 3 is 2.88 bits per heavy atom. The van der Waals surface area contributed by atoms with Crippen molar-refractivity contribution in [1.82, 2.24) is 5.32 Å². The zero-order valence-electron chi connectivity index (χ0n) is 9.79. The number of benzene rings is 1. The lowest BCUT2D eigenvalue weighted by Gasteiger charge is -2.21. The molecular weight excluding hydrogens is 205 g/mol. The molecule has 1 aliphatic heterocycles. The predicted octanol–water partition coefficient (Wildman–Crippen LogP) is 2.51. The Morgan fingerprint density at radius 2 is 2.12 bits per heavy atom. The molecule has 1 aliphatic rings. The van der Waals surface area contributed by atoms with Crippen molar-refractivity contribution in [3.05, 3.63) is 35.6 Å². The van der Waals surface area contributed by atoms with E-state index in [1.54, 1.807) is 6.07 Å². The Hall–Kier alpha value is -0.930. The highest BCUT2D eigenvalue weighted by Gasteiger charge is 2.26. The van der Waals surface area contributed by atoms with Gasteiger partial charge in [0, 0.05) is 17.5 Å². The van der Waals surface area contributed by atoms with Crippen LogP contribution in [0.3, 0.4) is 0 Å². The Kier molecular flexibility index (Phi) is 3.26. The number of hydrogen-bond acceptors (Lipinski definition) is 2. The van der Waals surface area contributed by atoms with E-state index in [2.05, 4.69) is 19.2 Å². The first kappa shape index (κ1) is 11.6. The van der Waals surface area contributed by atoms with E-state index in [0.717, 1.165) is 6.54 Å². The van der Waals surface area contributed by atoms with Crippen LogP contribution in [0.15, 0.2) is 24.3 Å². The molecule has 2 nitrogen and oxygen atoms in total. The van der Waals surface area contributed by atoms with Gasteiger partial charge in [0.05, 0.1) is 19.3 Å². The van der Waals surface area contributed by atoms with E-state index >= 15 is 0 Å². The molecule has 0 amide bonds. The predicted molar refractivity (Wildman–Crippen MR) is 61.7 cm³/mol. The second-order valence-electron chi connectivity index (χ2n) is 5.13. The molecule has 1 N–H and O–H groups in total. The molecule has 1 atom stereocenters. The summed E-state index contributed by atoms with van der Waals surface area (Å²) in [7, 11) is 0. The van der Waals surface area contributed by atoms with Gasteiger partial charge < -0.3 is 10.1 Å². The first-order valence-corrected chi connectivity index (χ1v) is 5.64. The third kappa shape index (κ3) is 2.60. The van der Waals surface area contributed by atoms with E-state index in [9.17, 15) is 4.39 Å². The number of hydrogen-bond donors (Lipinski definition) is 1. The van der Waals surface area contributed by atoms with Gasteiger partial charge in [-0.15, -0.1) is 0 Å². The van der Waals surface area contributed by atoms with Crippen molar-refractivity contribution >= 4 is 0 Å². The Labute approximate surface area is 95.8 Å². The minimum absolute atomic E-state index is 0.0389. The fourth-order valence-electron chi connectivity index (χ4n) is 1.92. The van der Waals surface area contributed by atoms with E-state index < -0.39 is 0 Å². The minimum Gasteiger partial charge on any atom is -0.379 e. The van der Waals surface area contributed by atoms with Gasteiger partial charge in [-0.3, -0.25) is 0 Å². The molecule has 1 aromatic carbocycles. The summed E-state index contributed by atoms with van der Waals surface area (Å²) in [5.41, 5.74) is 0.806. The highest BCUT2D eigenvalue weighted by Crippen LogP contribution is 2.24. The van der Waals surface area contributed by atoms with Crippen LogP contribution in [0.4, 0.5) is 4.39 Å². The van der Waals surface area contributed by atoms with Crippen LogP contribution in [0.1, 0.15) is 25.5 Å². The van der Waals surface area contributed by atoms with E-state index in [-0.39, 0.29) is 17.3 Å². The highest BCUT2D eigenvalue weighted by atomic mass is 19.1. The van der Waals surface area contributed by atoms with E-state index in [0.29, 0.717) is 18.8 Å². The van der Waals surface area contributed by atoms with Gasteiger partial charge in [-0.05, 0) is 6.07 Å². The summed E-state index contributed by atoms with van der Waals surface area (Å²) >= 11 is 0. The van der Waals surface area contributed by atoms with Crippen molar-refractivity contribution < 1.29 is 9.13 Å². The zero-order valence-corrected chi connectivity index (χ0v) is 9.79. The van der Waals surface area contributed by atoms with E-state index in [1.165, 1.54) is 6.07 Å². The summed E-state index contributed by atoms with van der Waals surface area (Å²) in [6, 6.07) is 6.83. The van der Waals surface area contributed by atoms with Gasteiger partial charge in [-0.2, -0.15) is 0 Å². The summed E-state index contributed by atoms with van der Waals surface area (Å²) in [5, 5.41) is 3.36. The van der Waals surface area contributed by atoms with Crippen molar-refractivity contribution in [2.45, 2.75) is 19.9 Å². The van der Waals surface area contributed by atoms with E-state index in [1.807, 2.05) is 12.1 Å². The van der Waals surface area contributed by atoms with Gasteiger partial charge in [-0.25, -0.2) is 4.39 Å². The summed E-state index contributed by atoms with van der Waals surface area (Å²) in [6.45, 7) is 6.37. The molecule has 1 fully saturated rings. The monoisotopic (exact) mass is 223 g/mol. The van der Waals surface area contributed by atoms with Crippen LogP contribution in [0.2, 0.25) is 0 Å². The quantitative estimate of drug-likeness (QED) is 0.790. The minimum atomic E-state index is -0.164. The standard InChI is InChI=1S/C13H18FNO/c1-13(2)8-15-12(7-16-9-13)10-5-3-4-6-11(10)14/h3-6,12,15H,7-9H2,1-2H3/t12-/m0/s1. The topological polar surface area (TPSA) is 21.3 Å². The molecule has 88 valence electrons. The number of halogens is 1. The first-order valence-electron chi connectivity index (χ1n) is 5.64. The van der Waals surface area contributed by atoms with Crippen LogP contribution in [-0.4, -0.2) is 19.8 Å². The second kappa shape index (κ2) is 4.52. The van der Waals surface area contributed by atoms with Crippen LogP contribution < -0.4 is 5.32 Å². The van der Waals surface area contributed by atoms with Crippen LogP contribution in [0.25, 0.3) is 0 Å². The van der Waals surface area contributed by atoms with Gasteiger partial charge >= 0.3 is 0 Å². The van der Waals surface area contributed by atoms with Gasteiger partial charge in [0.25, 0.3) is 0 Å². The van der Waals surface area contributed by atoms with Gasteiger partial charge in [-0.1, -0.05) is 32.0 Å². The SMILES string of the molecule is CC1(C)CN[C@H](c2ccccc2F)COC1. The molecule has 1 aromatic rings. The van der Waals surface area contributed by atoms with Crippen LogP contribution >= 0.6 is 0 Å². The largest absolute Gasteiger partial charge is 0.379 e. The van der Waals surface area contributed by atoms with Gasteiger partial charge in [0.1, 0.15) is 5.82 Å². The summed E-state index contributed by atoms with van der Waals surface area (Å²) in [6.07, 6.45) is 0. The van der Waals surface area contributed by atoms with Crippen molar-refractivity contribution in [3.63, 3.8) is 0 Å². The maximum absolute atomic E-state index is 13.6. The van der Waals surface area contributed by atoms with E-state index in [4.69, 9.17) is 4.74 Å². The van der Waals surface area contributed by atoms with Crippen LogP contribution in [0.5, 0.6) is 0 Å². The molecular formula is C13H18FNO. The molecule has 2 rings (SSSR count). The summed E-state index contributed by atoms with van der Waals surface area (Å²) in [5.74, 6) is -0.164. The molecule has 16 heavy (non-hydrogen) atoms. The molecule has 3 heteroatoms. The average Bonchev–Trinajstić information content (AvgIpc) is 2.40. The molecule has 1 heterocycles. The third-order valence-corrected chi connectivity index (χ3v) is 2.88. The molecule has 0 radical (unpaired) electrons. The lowest BCUT2D eigenvalue weighted by molar-refractivity contribution is 0.0795. The normalized spacial score (nSPS) is 25.1. The summed E-state index contributed by atoms with van der Waals surface area (Å²) in [4.78, 5) is 0. The number of ether oxygens (including phenoxy) is 1. The van der Waals surface area contributed by atoms with Crippen molar-refractivity contribution in [1.29, 1.82) is 0 Å². The third-order valence-electron chi connectivity index (χ3n) is 2.88. The molecule has 0 aliphatic carbocycles.